The van der Waals surface area contributed by atoms with Crippen molar-refractivity contribution in [2.75, 3.05) is 33.6 Å². The molecule has 0 atom stereocenters. The van der Waals surface area contributed by atoms with Crippen LogP contribution in [0.15, 0.2) is 18.2 Å². The molecule has 0 unspecified atom stereocenters. The van der Waals surface area contributed by atoms with Gasteiger partial charge in [-0.05, 0) is 26.1 Å². The highest BCUT2D eigenvalue weighted by atomic mass is 32.2. The fourth-order valence-electron chi connectivity index (χ4n) is 1.70. The SMILES string of the molecule is CNCCCS(=O)(=O)NCc1ccc(OC)cc1OC. The molecule has 0 spiro atoms. The van der Waals surface area contributed by atoms with Crippen LogP contribution in [0.1, 0.15) is 12.0 Å². The molecule has 2 N–H and O–H groups in total. The van der Waals surface area contributed by atoms with Gasteiger partial charge in [0.25, 0.3) is 0 Å². The van der Waals surface area contributed by atoms with Gasteiger partial charge in [0.15, 0.2) is 0 Å². The van der Waals surface area contributed by atoms with Crippen molar-refractivity contribution < 1.29 is 17.9 Å². The lowest BCUT2D eigenvalue weighted by atomic mass is 10.2. The van der Waals surface area contributed by atoms with E-state index in [1.165, 1.54) is 0 Å². The number of hydrogen-bond acceptors (Lipinski definition) is 5. The van der Waals surface area contributed by atoms with Crippen LogP contribution < -0.4 is 19.5 Å². The van der Waals surface area contributed by atoms with E-state index in [0.717, 1.165) is 5.56 Å². The van der Waals surface area contributed by atoms with E-state index in [0.29, 0.717) is 24.5 Å². The minimum atomic E-state index is -3.27. The van der Waals surface area contributed by atoms with Gasteiger partial charge in [-0.15, -0.1) is 0 Å². The zero-order chi connectivity index (χ0) is 15.0. The Morgan fingerprint density at radius 3 is 2.55 bits per heavy atom. The number of sulfonamides is 1. The van der Waals surface area contributed by atoms with Crippen LogP contribution in [0.25, 0.3) is 0 Å². The van der Waals surface area contributed by atoms with Gasteiger partial charge in [-0.2, -0.15) is 0 Å². The Morgan fingerprint density at radius 1 is 1.20 bits per heavy atom. The maximum Gasteiger partial charge on any atom is 0.211 e. The summed E-state index contributed by atoms with van der Waals surface area (Å²) < 4.78 is 36.5. The van der Waals surface area contributed by atoms with E-state index in [9.17, 15) is 8.42 Å². The first kappa shape index (κ1) is 16.7. The summed E-state index contributed by atoms with van der Waals surface area (Å²) in [6.07, 6.45) is 0.575. The maximum atomic E-state index is 11.8. The fourth-order valence-corrected chi connectivity index (χ4v) is 2.74. The van der Waals surface area contributed by atoms with Crippen LogP contribution in [-0.2, 0) is 16.6 Å². The summed E-state index contributed by atoms with van der Waals surface area (Å²) in [5, 5.41) is 2.92. The van der Waals surface area contributed by atoms with Gasteiger partial charge in [0.05, 0.1) is 20.0 Å². The minimum absolute atomic E-state index is 0.103. The topological polar surface area (TPSA) is 76.7 Å². The van der Waals surface area contributed by atoms with Crippen LogP contribution in [0.3, 0.4) is 0 Å². The van der Waals surface area contributed by atoms with Crippen LogP contribution in [0.4, 0.5) is 0 Å². The molecule has 0 saturated carbocycles. The number of methoxy groups -OCH3 is 2. The first-order chi connectivity index (χ1) is 9.52. The lowest BCUT2D eigenvalue weighted by Crippen LogP contribution is -2.27. The highest BCUT2D eigenvalue weighted by Crippen LogP contribution is 2.24. The molecule has 0 aliphatic rings. The molecule has 1 rings (SSSR count). The van der Waals surface area contributed by atoms with E-state index in [4.69, 9.17) is 9.47 Å². The predicted molar refractivity (Wildman–Crippen MR) is 78.7 cm³/mol. The van der Waals surface area contributed by atoms with Gasteiger partial charge in [-0.1, -0.05) is 6.07 Å². The van der Waals surface area contributed by atoms with Crippen molar-refractivity contribution in [3.8, 4) is 11.5 Å². The van der Waals surface area contributed by atoms with Crippen LogP contribution in [0.5, 0.6) is 11.5 Å². The van der Waals surface area contributed by atoms with E-state index >= 15 is 0 Å². The van der Waals surface area contributed by atoms with E-state index in [1.807, 2.05) is 0 Å². The second-order valence-electron chi connectivity index (χ2n) is 4.27. The van der Waals surface area contributed by atoms with Gasteiger partial charge in [0, 0.05) is 18.2 Å². The number of rotatable bonds is 9. The van der Waals surface area contributed by atoms with Crippen LogP contribution in [0, 0.1) is 0 Å². The first-order valence-corrected chi connectivity index (χ1v) is 8.00. The summed E-state index contributed by atoms with van der Waals surface area (Å²) in [6, 6.07) is 5.28. The molecule has 0 heterocycles. The van der Waals surface area contributed by atoms with Crippen molar-refractivity contribution in [1.82, 2.24) is 10.0 Å². The van der Waals surface area contributed by atoms with Crippen molar-refractivity contribution >= 4 is 10.0 Å². The molecular weight excluding hydrogens is 280 g/mol. The lowest BCUT2D eigenvalue weighted by molar-refractivity contribution is 0.390. The number of ether oxygens (including phenoxy) is 2. The Labute approximate surface area is 120 Å². The molecule has 0 fully saturated rings. The lowest BCUT2D eigenvalue weighted by Gasteiger charge is -2.11. The summed E-state index contributed by atoms with van der Waals surface area (Å²) in [7, 11) is 1.63. The number of hydrogen-bond donors (Lipinski definition) is 2. The van der Waals surface area contributed by atoms with Crippen molar-refractivity contribution in [2.24, 2.45) is 0 Å². The summed E-state index contributed by atoms with van der Waals surface area (Å²) in [5.74, 6) is 1.37. The van der Waals surface area contributed by atoms with Gasteiger partial charge >= 0.3 is 0 Å². The number of benzene rings is 1. The second-order valence-corrected chi connectivity index (χ2v) is 6.20. The molecule has 20 heavy (non-hydrogen) atoms. The van der Waals surface area contributed by atoms with E-state index in [-0.39, 0.29) is 12.3 Å². The molecule has 1 aromatic carbocycles. The fraction of sp³-hybridized carbons (Fsp3) is 0.538. The first-order valence-electron chi connectivity index (χ1n) is 6.35. The Kier molecular flexibility index (Phi) is 6.77. The van der Waals surface area contributed by atoms with Gasteiger partial charge in [0.1, 0.15) is 11.5 Å². The minimum Gasteiger partial charge on any atom is -0.497 e. The second kappa shape index (κ2) is 8.08. The van der Waals surface area contributed by atoms with E-state index in [1.54, 1.807) is 39.5 Å². The third-order valence-corrected chi connectivity index (χ3v) is 4.23. The van der Waals surface area contributed by atoms with Gasteiger partial charge < -0.3 is 14.8 Å². The molecule has 0 amide bonds. The zero-order valence-electron chi connectivity index (χ0n) is 12.1. The Morgan fingerprint density at radius 2 is 1.95 bits per heavy atom. The third kappa shape index (κ3) is 5.36. The standard InChI is InChI=1S/C13H22N2O4S/c1-14-7-4-8-20(16,17)15-10-11-5-6-12(18-2)9-13(11)19-3/h5-6,9,14-15H,4,7-8,10H2,1-3H3. The van der Waals surface area contributed by atoms with Crippen LogP contribution >= 0.6 is 0 Å². The molecule has 0 aliphatic carbocycles. The van der Waals surface area contributed by atoms with Crippen molar-refractivity contribution in [3.05, 3.63) is 23.8 Å². The quantitative estimate of drug-likeness (QED) is 0.658. The van der Waals surface area contributed by atoms with Gasteiger partial charge in [-0.25, -0.2) is 13.1 Å². The van der Waals surface area contributed by atoms with Crippen molar-refractivity contribution in [2.45, 2.75) is 13.0 Å². The third-order valence-electron chi connectivity index (χ3n) is 2.82. The highest BCUT2D eigenvalue weighted by molar-refractivity contribution is 7.89. The number of nitrogens with one attached hydrogen (secondary N) is 2. The smallest absolute Gasteiger partial charge is 0.211 e. The maximum absolute atomic E-state index is 11.8. The molecule has 6 nitrogen and oxygen atoms in total. The molecular formula is C13H22N2O4S. The van der Waals surface area contributed by atoms with Gasteiger partial charge in [0.2, 0.25) is 10.0 Å². The monoisotopic (exact) mass is 302 g/mol. The molecule has 7 heteroatoms. The molecule has 0 radical (unpaired) electrons. The summed E-state index contributed by atoms with van der Waals surface area (Å²) in [6.45, 7) is 0.877. The van der Waals surface area contributed by atoms with Gasteiger partial charge in [-0.3, -0.25) is 0 Å². The summed E-state index contributed by atoms with van der Waals surface area (Å²) in [5.41, 5.74) is 0.769. The molecule has 114 valence electrons. The van der Waals surface area contributed by atoms with E-state index in [2.05, 4.69) is 10.0 Å². The Balaban J connectivity index is 2.65. The molecule has 0 aromatic heterocycles. The highest BCUT2D eigenvalue weighted by Gasteiger charge is 2.11. The predicted octanol–water partition coefficient (Wildman–Crippen LogP) is 0.733. The van der Waals surface area contributed by atoms with Crippen molar-refractivity contribution in [3.63, 3.8) is 0 Å². The molecule has 0 aliphatic heterocycles. The Hall–Kier alpha value is -1.31. The molecule has 0 bridgehead atoms. The average Bonchev–Trinajstić information content (AvgIpc) is 2.45. The summed E-state index contributed by atoms with van der Waals surface area (Å²) >= 11 is 0. The zero-order valence-corrected chi connectivity index (χ0v) is 12.9. The largest absolute Gasteiger partial charge is 0.497 e. The van der Waals surface area contributed by atoms with Crippen molar-refractivity contribution in [1.29, 1.82) is 0 Å². The molecule has 0 saturated heterocycles. The Bertz CT molecular complexity index is 517. The summed E-state index contributed by atoms with van der Waals surface area (Å²) in [4.78, 5) is 0. The van der Waals surface area contributed by atoms with E-state index < -0.39 is 10.0 Å². The van der Waals surface area contributed by atoms with Crippen LogP contribution in [0.2, 0.25) is 0 Å². The average molecular weight is 302 g/mol. The normalized spacial score (nSPS) is 11.3. The molecule has 1 aromatic rings. The van der Waals surface area contributed by atoms with Crippen LogP contribution in [-0.4, -0.2) is 42.0 Å².